The number of nitrogens with zero attached hydrogens (tertiary/aromatic N) is 3. The van der Waals surface area contributed by atoms with Gasteiger partial charge in [0, 0.05) is 31.8 Å². The van der Waals surface area contributed by atoms with Crippen LogP contribution in [0.5, 0.6) is 5.75 Å². The predicted octanol–water partition coefficient (Wildman–Crippen LogP) is 2.39. The van der Waals surface area contributed by atoms with Crippen molar-refractivity contribution in [2.75, 3.05) is 43.6 Å². The summed E-state index contributed by atoms with van der Waals surface area (Å²) in [5.74, 6) is 1.88. The van der Waals surface area contributed by atoms with Crippen LogP contribution in [-0.2, 0) is 11.2 Å². The third kappa shape index (κ3) is 4.55. The van der Waals surface area contributed by atoms with Gasteiger partial charge in [0.15, 0.2) is 0 Å². The lowest BCUT2D eigenvalue weighted by molar-refractivity contribution is 0.0985. The molecule has 2 aromatic rings. The SMILES string of the molecule is COCC1(Nc2nccc(N(CCCCN)C(=O)c3ccc4c(c3)CCO4)n2)CC1. The van der Waals surface area contributed by atoms with Gasteiger partial charge in [0.25, 0.3) is 5.91 Å². The van der Waals surface area contributed by atoms with Crippen molar-refractivity contribution in [3.63, 3.8) is 0 Å². The summed E-state index contributed by atoms with van der Waals surface area (Å²) >= 11 is 0. The highest BCUT2D eigenvalue weighted by molar-refractivity contribution is 6.05. The van der Waals surface area contributed by atoms with E-state index in [9.17, 15) is 4.79 Å². The second-order valence-electron chi connectivity index (χ2n) is 7.95. The standard InChI is InChI=1S/C22H29N5O3/c1-29-15-22(8-9-22)26-21-24-11-6-19(25-21)27(12-3-2-10-23)20(28)17-4-5-18-16(14-17)7-13-30-18/h4-6,11,14H,2-3,7-10,12-13,15,23H2,1H3,(H,24,25,26). The van der Waals surface area contributed by atoms with E-state index in [2.05, 4.69) is 15.3 Å². The predicted molar refractivity (Wildman–Crippen MR) is 115 cm³/mol. The highest BCUT2D eigenvalue weighted by Gasteiger charge is 2.43. The zero-order chi connectivity index (χ0) is 21.0. The van der Waals surface area contributed by atoms with Crippen molar-refractivity contribution < 1.29 is 14.3 Å². The molecule has 0 spiro atoms. The molecule has 8 heteroatoms. The monoisotopic (exact) mass is 411 g/mol. The molecule has 0 bridgehead atoms. The van der Waals surface area contributed by atoms with Gasteiger partial charge in [-0.1, -0.05) is 0 Å². The van der Waals surface area contributed by atoms with Gasteiger partial charge < -0.3 is 20.5 Å². The van der Waals surface area contributed by atoms with Crippen molar-refractivity contribution in [2.24, 2.45) is 5.73 Å². The van der Waals surface area contributed by atoms with Gasteiger partial charge in [-0.25, -0.2) is 4.98 Å². The van der Waals surface area contributed by atoms with Gasteiger partial charge >= 0.3 is 0 Å². The van der Waals surface area contributed by atoms with Gasteiger partial charge in [0.1, 0.15) is 11.6 Å². The van der Waals surface area contributed by atoms with Gasteiger partial charge in [-0.2, -0.15) is 4.98 Å². The van der Waals surface area contributed by atoms with E-state index in [-0.39, 0.29) is 11.4 Å². The Balaban J connectivity index is 1.57. The Labute approximate surface area is 176 Å². The molecular formula is C22H29N5O3. The zero-order valence-electron chi connectivity index (χ0n) is 17.4. The Kier molecular flexibility index (Phi) is 6.15. The first kappa shape index (κ1) is 20.6. The van der Waals surface area contributed by atoms with Crippen LogP contribution in [0.25, 0.3) is 0 Å². The Morgan fingerprint density at radius 1 is 1.33 bits per heavy atom. The number of hydrogen-bond acceptors (Lipinski definition) is 7. The van der Waals surface area contributed by atoms with E-state index in [1.807, 2.05) is 18.2 Å². The minimum Gasteiger partial charge on any atom is -0.493 e. The molecule has 2 aliphatic rings. The average molecular weight is 412 g/mol. The topological polar surface area (TPSA) is 103 Å². The van der Waals surface area contributed by atoms with Gasteiger partial charge in [0.2, 0.25) is 5.95 Å². The molecule has 30 heavy (non-hydrogen) atoms. The highest BCUT2D eigenvalue weighted by atomic mass is 16.5. The van der Waals surface area contributed by atoms with Crippen molar-refractivity contribution in [3.05, 3.63) is 41.6 Å². The fourth-order valence-electron chi connectivity index (χ4n) is 3.74. The number of unbranched alkanes of at least 4 members (excludes halogenated alkanes) is 1. The minimum absolute atomic E-state index is 0.0793. The van der Waals surface area contributed by atoms with Gasteiger partial charge in [0.05, 0.1) is 18.8 Å². The van der Waals surface area contributed by atoms with Crippen LogP contribution in [0, 0.1) is 0 Å². The second kappa shape index (κ2) is 8.97. The molecule has 0 unspecified atom stereocenters. The van der Waals surface area contributed by atoms with Crippen LogP contribution in [0.2, 0.25) is 0 Å². The fraction of sp³-hybridized carbons (Fsp3) is 0.500. The molecule has 1 saturated carbocycles. The lowest BCUT2D eigenvalue weighted by atomic mass is 10.1. The van der Waals surface area contributed by atoms with Crippen molar-refractivity contribution in [3.8, 4) is 5.75 Å². The lowest BCUT2D eigenvalue weighted by Gasteiger charge is -2.23. The Morgan fingerprint density at radius 2 is 2.20 bits per heavy atom. The largest absolute Gasteiger partial charge is 0.493 e. The number of nitrogens with one attached hydrogen (secondary N) is 1. The van der Waals surface area contributed by atoms with E-state index < -0.39 is 0 Å². The number of hydrogen-bond donors (Lipinski definition) is 2. The lowest BCUT2D eigenvalue weighted by Crippen LogP contribution is -2.34. The summed E-state index contributed by atoms with van der Waals surface area (Å²) in [6.45, 7) is 2.41. The van der Waals surface area contributed by atoms with E-state index in [0.29, 0.717) is 43.6 Å². The van der Waals surface area contributed by atoms with E-state index in [1.54, 1.807) is 24.3 Å². The van der Waals surface area contributed by atoms with Gasteiger partial charge in [-0.05, 0) is 62.1 Å². The number of benzene rings is 1. The van der Waals surface area contributed by atoms with Crippen LogP contribution < -0.4 is 20.7 Å². The van der Waals surface area contributed by atoms with Gasteiger partial charge in [-0.15, -0.1) is 0 Å². The summed E-state index contributed by atoms with van der Waals surface area (Å²) in [6.07, 6.45) is 6.20. The molecule has 1 aliphatic carbocycles. The molecule has 1 fully saturated rings. The number of carbonyl (C=O) groups is 1. The molecule has 4 rings (SSSR count). The summed E-state index contributed by atoms with van der Waals surface area (Å²) < 4.78 is 10.9. The van der Waals surface area contributed by atoms with E-state index in [1.165, 1.54) is 0 Å². The molecule has 8 nitrogen and oxygen atoms in total. The minimum atomic E-state index is -0.0955. The van der Waals surface area contributed by atoms with Crippen molar-refractivity contribution >= 4 is 17.7 Å². The molecule has 0 saturated heterocycles. The summed E-state index contributed by atoms with van der Waals surface area (Å²) in [7, 11) is 1.69. The molecule has 160 valence electrons. The molecular weight excluding hydrogens is 382 g/mol. The summed E-state index contributed by atoms with van der Waals surface area (Å²) in [5.41, 5.74) is 7.28. The van der Waals surface area contributed by atoms with E-state index >= 15 is 0 Å². The van der Waals surface area contributed by atoms with Crippen LogP contribution in [-0.4, -0.2) is 54.8 Å². The van der Waals surface area contributed by atoms with Crippen LogP contribution in [0.4, 0.5) is 11.8 Å². The second-order valence-corrected chi connectivity index (χ2v) is 7.95. The number of rotatable bonds is 10. The maximum atomic E-state index is 13.4. The normalized spacial score (nSPS) is 15.9. The van der Waals surface area contributed by atoms with Crippen LogP contribution in [0.1, 0.15) is 41.6 Å². The Morgan fingerprint density at radius 3 is 2.97 bits per heavy atom. The Hall–Kier alpha value is -2.71. The van der Waals surface area contributed by atoms with Crippen LogP contribution >= 0.6 is 0 Å². The molecule has 0 atom stereocenters. The summed E-state index contributed by atoms with van der Waals surface area (Å²) in [5, 5.41) is 3.38. The Bertz CT molecular complexity index is 900. The quantitative estimate of drug-likeness (QED) is 0.579. The third-order valence-corrected chi connectivity index (χ3v) is 5.59. The number of fused-ring (bicyclic) bond motifs is 1. The first-order valence-electron chi connectivity index (χ1n) is 10.5. The van der Waals surface area contributed by atoms with Gasteiger partial charge in [-0.3, -0.25) is 9.69 Å². The molecule has 1 aromatic heterocycles. The molecule has 1 aromatic carbocycles. The fourth-order valence-corrected chi connectivity index (χ4v) is 3.74. The maximum absolute atomic E-state index is 13.4. The first-order valence-corrected chi connectivity index (χ1v) is 10.5. The maximum Gasteiger partial charge on any atom is 0.259 e. The molecule has 2 heterocycles. The average Bonchev–Trinajstić information content (AvgIpc) is 3.33. The number of carbonyl (C=O) groups excluding carboxylic acids is 1. The zero-order valence-corrected chi connectivity index (χ0v) is 17.4. The third-order valence-electron chi connectivity index (χ3n) is 5.59. The van der Waals surface area contributed by atoms with Crippen molar-refractivity contribution in [2.45, 2.75) is 37.6 Å². The van der Waals surface area contributed by atoms with E-state index in [4.69, 9.17) is 15.2 Å². The van der Waals surface area contributed by atoms with Crippen molar-refractivity contribution in [1.82, 2.24) is 9.97 Å². The number of nitrogens with two attached hydrogens (primary N) is 1. The molecule has 1 amide bonds. The highest BCUT2D eigenvalue weighted by Crippen LogP contribution is 2.38. The number of amides is 1. The molecule has 1 aliphatic heterocycles. The number of ether oxygens (including phenoxy) is 2. The smallest absolute Gasteiger partial charge is 0.259 e. The number of aromatic nitrogens is 2. The summed E-state index contributed by atoms with van der Waals surface area (Å²) in [6, 6.07) is 7.40. The number of anilines is 2. The summed E-state index contributed by atoms with van der Waals surface area (Å²) in [4.78, 5) is 24.1. The number of methoxy groups -OCH3 is 1. The first-order chi connectivity index (χ1) is 14.6. The molecule has 3 N–H and O–H groups in total. The molecule has 0 radical (unpaired) electrons. The van der Waals surface area contributed by atoms with E-state index in [0.717, 1.165) is 43.4 Å². The van der Waals surface area contributed by atoms with Crippen LogP contribution in [0.15, 0.2) is 30.5 Å². The van der Waals surface area contributed by atoms with Crippen LogP contribution in [0.3, 0.4) is 0 Å². The van der Waals surface area contributed by atoms with Crippen molar-refractivity contribution in [1.29, 1.82) is 0 Å².